The van der Waals surface area contributed by atoms with Crippen molar-refractivity contribution in [2.24, 2.45) is 0 Å². The van der Waals surface area contributed by atoms with Gasteiger partial charge in [0.1, 0.15) is 11.6 Å². The lowest BCUT2D eigenvalue weighted by atomic mass is 10.1. The molecule has 0 saturated heterocycles. The van der Waals surface area contributed by atoms with E-state index in [0.717, 1.165) is 57.9 Å². The zero-order valence-corrected chi connectivity index (χ0v) is 18.1. The Balaban J connectivity index is 1.63. The first-order chi connectivity index (χ1) is 14.4. The molecule has 0 aliphatic heterocycles. The largest absolute Gasteiger partial charge is 0.478 e. The Morgan fingerprint density at radius 3 is 2.87 bits per heavy atom. The number of rotatable bonds is 9. The molecule has 7 nitrogen and oxygen atoms in total. The third-order valence-electron chi connectivity index (χ3n) is 4.43. The Morgan fingerprint density at radius 2 is 2.10 bits per heavy atom. The number of hydrogen-bond donors (Lipinski definition) is 2. The molecule has 0 fully saturated rings. The molecule has 0 bridgehead atoms. The van der Waals surface area contributed by atoms with Crippen LogP contribution in [0.3, 0.4) is 0 Å². The van der Waals surface area contributed by atoms with Crippen LogP contribution in [0.15, 0.2) is 54.4 Å². The Morgan fingerprint density at radius 1 is 1.27 bits per heavy atom. The molecule has 2 N–H and O–H groups in total. The van der Waals surface area contributed by atoms with Crippen molar-refractivity contribution in [2.45, 2.75) is 26.7 Å². The number of thiazole rings is 1. The second-order valence-electron chi connectivity index (χ2n) is 7.11. The summed E-state index contributed by atoms with van der Waals surface area (Å²) in [5, 5.41) is 12.9. The summed E-state index contributed by atoms with van der Waals surface area (Å²) in [6, 6.07) is 9.76. The third-order valence-corrected chi connectivity index (χ3v) is 5.56. The summed E-state index contributed by atoms with van der Waals surface area (Å²) in [5.74, 6) is 0.596. The van der Waals surface area contributed by atoms with E-state index in [9.17, 15) is 4.79 Å². The fraction of sp³-hybridized carbons (Fsp3) is 0.273. The molecule has 0 radical (unpaired) electrons. The van der Waals surface area contributed by atoms with E-state index in [4.69, 9.17) is 10.1 Å². The normalized spacial score (nSPS) is 11.4. The molecule has 3 rings (SSSR count). The lowest BCUT2D eigenvalue weighted by Gasteiger charge is -2.15. The van der Waals surface area contributed by atoms with Crippen LogP contribution in [-0.2, 0) is 4.79 Å². The van der Waals surface area contributed by atoms with E-state index in [0.29, 0.717) is 0 Å². The first-order valence-corrected chi connectivity index (χ1v) is 10.5. The minimum Gasteiger partial charge on any atom is -0.478 e. The fourth-order valence-electron chi connectivity index (χ4n) is 2.91. The van der Waals surface area contributed by atoms with Crippen LogP contribution in [0.4, 0.5) is 16.8 Å². The zero-order chi connectivity index (χ0) is 21.5. The van der Waals surface area contributed by atoms with Crippen molar-refractivity contribution in [1.82, 2.24) is 15.0 Å². The Labute approximate surface area is 180 Å². The predicted molar refractivity (Wildman–Crippen MR) is 121 cm³/mol. The van der Waals surface area contributed by atoms with Gasteiger partial charge in [-0.15, -0.1) is 0 Å². The molecule has 0 aliphatic carbocycles. The van der Waals surface area contributed by atoms with E-state index in [1.165, 1.54) is 6.08 Å². The van der Waals surface area contributed by atoms with Gasteiger partial charge in [-0.2, -0.15) is 0 Å². The van der Waals surface area contributed by atoms with Crippen molar-refractivity contribution in [3.63, 3.8) is 0 Å². The predicted octanol–water partition coefficient (Wildman–Crippen LogP) is 4.90. The Bertz CT molecular complexity index is 1050. The lowest BCUT2D eigenvalue weighted by molar-refractivity contribution is -0.131. The van der Waals surface area contributed by atoms with Crippen molar-refractivity contribution in [2.75, 3.05) is 23.8 Å². The van der Waals surface area contributed by atoms with Crippen LogP contribution >= 0.6 is 11.3 Å². The van der Waals surface area contributed by atoms with Gasteiger partial charge in [0.05, 0.1) is 10.6 Å². The van der Waals surface area contributed by atoms with E-state index in [-0.39, 0.29) is 0 Å². The summed E-state index contributed by atoms with van der Waals surface area (Å²) < 4.78 is 0. The van der Waals surface area contributed by atoms with Gasteiger partial charge in [0.2, 0.25) is 0 Å². The van der Waals surface area contributed by atoms with Gasteiger partial charge in [-0.3, -0.25) is 0 Å². The molecule has 156 valence electrons. The second-order valence-corrected chi connectivity index (χ2v) is 8.12. The van der Waals surface area contributed by atoms with Gasteiger partial charge in [0.15, 0.2) is 5.13 Å². The number of pyridine rings is 2. The molecule has 0 saturated carbocycles. The van der Waals surface area contributed by atoms with Gasteiger partial charge in [-0.1, -0.05) is 23.0 Å². The quantitative estimate of drug-likeness (QED) is 0.473. The number of allylic oxidation sites excluding steroid dienone is 1. The summed E-state index contributed by atoms with van der Waals surface area (Å²) >= 11 is 1.58. The maximum atomic E-state index is 10.7. The first kappa shape index (κ1) is 21.4. The molecule has 3 aromatic rings. The number of carboxylic acids is 1. The molecule has 0 unspecified atom stereocenters. The zero-order valence-electron chi connectivity index (χ0n) is 17.3. The summed E-state index contributed by atoms with van der Waals surface area (Å²) in [6.45, 7) is 4.66. The van der Waals surface area contributed by atoms with Gasteiger partial charge in [0, 0.05) is 32.1 Å². The third kappa shape index (κ3) is 6.12. The number of carboxylic acid groups (broad SMARTS) is 1. The van der Waals surface area contributed by atoms with Crippen molar-refractivity contribution in [1.29, 1.82) is 0 Å². The number of nitrogens with zero attached hydrogens (tertiary/aromatic N) is 4. The molecule has 30 heavy (non-hydrogen) atoms. The molecule has 0 aromatic carbocycles. The number of anilines is 3. The van der Waals surface area contributed by atoms with E-state index in [1.54, 1.807) is 17.5 Å². The highest BCUT2D eigenvalue weighted by Gasteiger charge is 2.10. The average Bonchev–Trinajstić information content (AvgIpc) is 3.18. The molecule has 0 amide bonds. The van der Waals surface area contributed by atoms with Crippen LogP contribution in [0, 0.1) is 6.92 Å². The first-order valence-electron chi connectivity index (χ1n) is 9.65. The van der Waals surface area contributed by atoms with Gasteiger partial charge in [-0.25, -0.2) is 19.7 Å². The molecule has 8 heteroatoms. The lowest BCUT2D eigenvalue weighted by Crippen LogP contribution is -2.18. The van der Waals surface area contributed by atoms with Crippen molar-refractivity contribution in [3.8, 4) is 10.6 Å². The summed E-state index contributed by atoms with van der Waals surface area (Å²) in [6.07, 6.45) is 6.48. The standard InChI is InChI=1S/C22H25N5O2S/c1-15(13-21(28)29)6-5-11-27(3)22-24-14-18(30-22)17-7-4-8-19(25-17)26-20-12-16(2)9-10-23-20/h4,7-10,12-14H,5-6,11H2,1-3H3,(H,28,29)(H,23,25,26). The topological polar surface area (TPSA) is 91.2 Å². The van der Waals surface area contributed by atoms with Crippen molar-refractivity contribution >= 4 is 34.1 Å². The van der Waals surface area contributed by atoms with E-state index in [2.05, 4.69) is 20.2 Å². The van der Waals surface area contributed by atoms with Crippen LogP contribution < -0.4 is 10.2 Å². The SMILES string of the molecule is CC(=CC(=O)O)CCCN(C)c1ncc(-c2cccc(Nc3cc(C)ccn3)n2)s1. The maximum Gasteiger partial charge on any atom is 0.328 e. The number of aromatic nitrogens is 3. The minimum absolute atomic E-state index is 0.731. The maximum absolute atomic E-state index is 10.7. The second kappa shape index (κ2) is 9.98. The number of nitrogens with one attached hydrogen (secondary N) is 1. The van der Waals surface area contributed by atoms with Gasteiger partial charge >= 0.3 is 5.97 Å². The van der Waals surface area contributed by atoms with Crippen LogP contribution in [0.25, 0.3) is 10.6 Å². The molecule has 0 aliphatic rings. The van der Waals surface area contributed by atoms with Gasteiger partial charge < -0.3 is 15.3 Å². The number of hydrogen-bond acceptors (Lipinski definition) is 7. The van der Waals surface area contributed by atoms with Crippen molar-refractivity contribution < 1.29 is 9.90 Å². The molecule has 0 atom stereocenters. The highest BCUT2D eigenvalue weighted by atomic mass is 32.1. The highest BCUT2D eigenvalue weighted by molar-refractivity contribution is 7.18. The van der Waals surface area contributed by atoms with E-state index < -0.39 is 5.97 Å². The van der Waals surface area contributed by atoms with Gasteiger partial charge in [0.25, 0.3) is 0 Å². The molecule has 3 aromatic heterocycles. The highest BCUT2D eigenvalue weighted by Crippen LogP contribution is 2.30. The van der Waals surface area contributed by atoms with Crippen molar-refractivity contribution in [3.05, 3.63) is 59.9 Å². The molecule has 0 spiro atoms. The number of aryl methyl sites for hydroxylation is 1. The Hall–Kier alpha value is -3.26. The van der Waals surface area contributed by atoms with E-state index >= 15 is 0 Å². The van der Waals surface area contributed by atoms with Crippen LogP contribution in [0.2, 0.25) is 0 Å². The van der Waals surface area contributed by atoms with E-state index in [1.807, 2.05) is 57.4 Å². The monoisotopic (exact) mass is 423 g/mol. The molecule has 3 heterocycles. The molecular formula is C22H25N5O2S. The Kier molecular flexibility index (Phi) is 7.13. The van der Waals surface area contributed by atoms with Crippen LogP contribution in [-0.4, -0.2) is 39.6 Å². The van der Waals surface area contributed by atoms with Crippen LogP contribution in [0.1, 0.15) is 25.3 Å². The molecular weight excluding hydrogens is 398 g/mol. The minimum atomic E-state index is -0.896. The summed E-state index contributed by atoms with van der Waals surface area (Å²) in [5.41, 5.74) is 2.85. The van der Waals surface area contributed by atoms with Gasteiger partial charge in [-0.05, 0) is 56.5 Å². The van der Waals surface area contributed by atoms with Crippen LogP contribution in [0.5, 0.6) is 0 Å². The summed E-state index contributed by atoms with van der Waals surface area (Å²) in [4.78, 5) is 27.3. The smallest absolute Gasteiger partial charge is 0.328 e. The number of carbonyl (C=O) groups is 1. The number of aliphatic carboxylic acids is 1. The summed E-state index contributed by atoms with van der Waals surface area (Å²) in [7, 11) is 1.99. The fourth-order valence-corrected chi connectivity index (χ4v) is 3.78. The average molecular weight is 424 g/mol.